The number of hydrogen-bond acceptors (Lipinski definition) is 4. The van der Waals surface area contributed by atoms with Gasteiger partial charge in [-0.05, 0) is 69.2 Å². The summed E-state index contributed by atoms with van der Waals surface area (Å²) < 4.78 is 28.5. The van der Waals surface area contributed by atoms with E-state index in [1.165, 1.54) is 17.0 Å². The van der Waals surface area contributed by atoms with Crippen LogP contribution in [-0.2, 0) is 26.0 Å². The molecule has 0 saturated heterocycles. The Morgan fingerprint density at radius 2 is 1.57 bits per heavy atom. The summed E-state index contributed by atoms with van der Waals surface area (Å²) in [6.45, 7) is 5.51. The number of carbonyl (C=O) groups is 2. The van der Waals surface area contributed by atoms with E-state index in [1.807, 2.05) is 37.3 Å². The lowest BCUT2D eigenvalue weighted by Crippen LogP contribution is -2.52. The third kappa shape index (κ3) is 7.33. The minimum atomic E-state index is -4.09. The largest absolute Gasteiger partial charge is 0.355 e. The molecule has 0 aliphatic carbocycles. The van der Waals surface area contributed by atoms with Crippen molar-refractivity contribution in [3.05, 3.63) is 95.0 Å². The summed E-state index contributed by atoms with van der Waals surface area (Å²) in [6.07, 6.45) is 0.516. The van der Waals surface area contributed by atoms with E-state index in [0.717, 1.165) is 15.4 Å². The van der Waals surface area contributed by atoms with Gasteiger partial charge in [-0.1, -0.05) is 59.6 Å². The third-order valence-electron chi connectivity index (χ3n) is 6.00. The number of halogens is 1. The molecule has 0 heterocycles. The van der Waals surface area contributed by atoms with Crippen molar-refractivity contribution in [1.29, 1.82) is 0 Å². The number of benzene rings is 3. The predicted molar refractivity (Wildman–Crippen MR) is 147 cm³/mol. The lowest BCUT2D eigenvalue weighted by molar-refractivity contribution is -0.138. The Kier molecular flexibility index (Phi) is 9.72. The molecule has 9 heteroatoms. The Labute approximate surface area is 224 Å². The molecule has 7 nitrogen and oxygen atoms in total. The Morgan fingerprint density at radius 1 is 0.946 bits per heavy atom. The number of sulfonamides is 1. The van der Waals surface area contributed by atoms with Gasteiger partial charge in [0.15, 0.2) is 0 Å². The average molecular weight is 542 g/mol. The first-order chi connectivity index (χ1) is 17.6. The molecule has 3 aromatic rings. The van der Waals surface area contributed by atoms with E-state index in [-0.39, 0.29) is 17.3 Å². The predicted octanol–water partition coefficient (Wildman–Crippen LogP) is 4.44. The first-order valence-corrected chi connectivity index (χ1v) is 13.9. The summed E-state index contributed by atoms with van der Waals surface area (Å²) >= 11 is 6.04. The molecular formula is C28H32ClN3O4S. The van der Waals surface area contributed by atoms with Crippen molar-refractivity contribution < 1.29 is 18.0 Å². The van der Waals surface area contributed by atoms with E-state index >= 15 is 0 Å². The van der Waals surface area contributed by atoms with Gasteiger partial charge < -0.3 is 10.2 Å². The minimum absolute atomic E-state index is 0.0634. The zero-order chi connectivity index (χ0) is 27.0. The van der Waals surface area contributed by atoms with E-state index in [9.17, 15) is 18.0 Å². The summed E-state index contributed by atoms with van der Waals surface area (Å²) in [6, 6.07) is 21.5. The van der Waals surface area contributed by atoms with Crippen molar-refractivity contribution in [3.8, 4) is 0 Å². The second kappa shape index (κ2) is 12.7. The molecule has 0 unspecified atom stereocenters. The number of rotatable bonds is 11. The van der Waals surface area contributed by atoms with E-state index in [1.54, 1.807) is 50.2 Å². The minimum Gasteiger partial charge on any atom is -0.355 e. The fourth-order valence-corrected chi connectivity index (χ4v) is 5.41. The smallest absolute Gasteiger partial charge is 0.264 e. The molecule has 2 amide bonds. The summed E-state index contributed by atoms with van der Waals surface area (Å²) in [5.41, 5.74) is 2.22. The maximum Gasteiger partial charge on any atom is 0.264 e. The summed E-state index contributed by atoms with van der Waals surface area (Å²) in [5.74, 6) is -0.788. The van der Waals surface area contributed by atoms with Crippen LogP contribution < -0.4 is 9.62 Å². The monoisotopic (exact) mass is 541 g/mol. The highest BCUT2D eigenvalue weighted by molar-refractivity contribution is 7.92. The summed E-state index contributed by atoms with van der Waals surface area (Å²) in [7, 11) is -4.09. The van der Waals surface area contributed by atoms with Crippen molar-refractivity contribution in [3.63, 3.8) is 0 Å². The number of carbonyl (C=O) groups excluding carboxylic acids is 2. The van der Waals surface area contributed by atoms with Gasteiger partial charge in [0, 0.05) is 18.1 Å². The van der Waals surface area contributed by atoms with Crippen LogP contribution in [0.4, 0.5) is 5.69 Å². The van der Waals surface area contributed by atoms with Gasteiger partial charge in [0.2, 0.25) is 11.8 Å². The first-order valence-electron chi connectivity index (χ1n) is 12.1. The molecular weight excluding hydrogens is 510 g/mol. The fraction of sp³-hybridized carbons (Fsp3) is 0.286. The molecule has 1 N–H and O–H groups in total. The van der Waals surface area contributed by atoms with Crippen molar-refractivity contribution in [2.45, 2.75) is 38.1 Å². The molecule has 0 radical (unpaired) electrons. The Bertz CT molecular complexity index is 1300. The molecule has 0 spiro atoms. The van der Waals surface area contributed by atoms with Crippen molar-refractivity contribution >= 4 is 39.1 Å². The van der Waals surface area contributed by atoms with Crippen LogP contribution in [-0.4, -0.2) is 50.8 Å². The highest BCUT2D eigenvalue weighted by Gasteiger charge is 2.32. The number of nitrogens with zero attached hydrogens (tertiary/aromatic N) is 2. The molecule has 196 valence electrons. The Hall–Kier alpha value is -3.36. The highest BCUT2D eigenvalue weighted by Crippen LogP contribution is 2.26. The van der Waals surface area contributed by atoms with Crippen molar-refractivity contribution in [2.24, 2.45) is 0 Å². The number of anilines is 1. The average Bonchev–Trinajstić information content (AvgIpc) is 2.89. The second-order valence-corrected chi connectivity index (χ2v) is 11.0. The first kappa shape index (κ1) is 28.2. The maximum atomic E-state index is 13.7. The van der Waals surface area contributed by atoms with Gasteiger partial charge in [0.1, 0.15) is 12.6 Å². The summed E-state index contributed by atoms with van der Waals surface area (Å²) in [4.78, 5) is 27.9. The number of amides is 2. The van der Waals surface area contributed by atoms with Crippen LogP contribution in [0.1, 0.15) is 25.0 Å². The van der Waals surface area contributed by atoms with Crippen molar-refractivity contribution in [2.75, 3.05) is 23.9 Å². The van der Waals surface area contributed by atoms with Crippen LogP contribution in [0.5, 0.6) is 0 Å². The lowest BCUT2D eigenvalue weighted by atomic mass is 10.1. The molecule has 3 aromatic carbocycles. The third-order valence-corrected chi connectivity index (χ3v) is 8.05. The van der Waals surface area contributed by atoms with E-state index < -0.39 is 28.5 Å². The van der Waals surface area contributed by atoms with Crippen LogP contribution in [0.15, 0.2) is 83.8 Å². The molecule has 0 fully saturated rings. The lowest BCUT2D eigenvalue weighted by Gasteiger charge is -2.32. The van der Waals surface area contributed by atoms with Crippen LogP contribution in [0.3, 0.4) is 0 Å². The van der Waals surface area contributed by atoms with Crippen LogP contribution in [0, 0.1) is 6.92 Å². The number of hydrogen-bond donors (Lipinski definition) is 1. The zero-order valence-corrected chi connectivity index (χ0v) is 22.8. The quantitative estimate of drug-likeness (QED) is 0.389. The normalized spacial score (nSPS) is 12.0. The molecule has 0 saturated carbocycles. The van der Waals surface area contributed by atoms with Gasteiger partial charge in [-0.2, -0.15) is 0 Å². The molecule has 3 rings (SSSR count). The van der Waals surface area contributed by atoms with Gasteiger partial charge in [0.25, 0.3) is 10.0 Å². The van der Waals surface area contributed by atoms with Crippen LogP contribution in [0.2, 0.25) is 5.02 Å². The molecule has 0 aromatic heterocycles. The standard InChI is InChI=1S/C28H32ClN3O4S/c1-4-30-28(34)22(3)31(19-18-23-8-6-5-7-9-23)27(33)20-32(25-14-12-24(29)13-15-25)37(35,36)26-16-10-21(2)11-17-26/h5-17,22H,4,18-20H2,1-3H3,(H,30,34)/t22-/m1/s1. The van der Waals surface area contributed by atoms with Crippen LogP contribution in [0.25, 0.3) is 0 Å². The van der Waals surface area contributed by atoms with E-state index in [0.29, 0.717) is 23.7 Å². The second-order valence-electron chi connectivity index (χ2n) is 8.69. The van der Waals surface area contributed by atoms with E-state index in [2.05, 4.69) is 5.32 Å². The maximum absolute atomic E-state index is 13.7. The molecule has 0 bridgehead atoms. The van der Waals surface area contributed by atoms with Gasteiger partial charge in [-0.15, -0.1) is 0 Å². The van der Waals surface area contributed by atoms with Crippen molar-refractivity contribution in [1.82, 2.24) is 10.2 Å². The van der Waals surface area contributed by atoms with Gasteiger partial charge in [0.05, 0.1) is 10.6 Å². The van der Waals surface area contributed by atoms with Gasteiger partial charge in [-0.25, -0.2) is 8.42 Å². The molecule has 1 atom stereocenters. The van der Waals surface area contributed by atoms with Crippen LogP contribution >= 0.6 is 11.6 Å². The fourth-order valence-electron chi connectivity index (χ4n) is 3.87. The number of likely N-dealkylation sites (N-methyl/N-ethyl adjacent to an activating group) is 1. The van der Waals surface area contributed by atoms with Gasteiger partial charge >= 0.3 is 0 Å². The van der Waals surface area contributed by atoms with E-state index in [4.69, 9.17) is 11.6 Å². The Balaban J connectivity index is 1.96. The number of nitrogens with one attached hydrogen (secondary N) is 1. The topological polar surface area (TPSA) is 86.8 Å². The summed E-state index contributed by atoms with van der Waals surface area (Å²) in [5, 5.41) is 3.19. The zero-order valence-electron chi connectivity index (χ0n) is 21.2. The molecule has 0 aliphatic rings. The highest BCUT2D eigenvalue weighted by atomic mass is 35.5. The van der Waals surface area contributed by atoms with Gasteiger partial charge in [-0.3, -0.25) is 13.9 Å². The molecule has 0 aliphatic heterocycles. The molecule has 37 heavy (non-hydrogen) atoms. The Morgan fingerprint density at radius 3 is 2.16 bits per heavy atom. The SMILES string of the molecule is CCNC(=O)[C@@H](C)N(CCc1ccccc1)C(=O)CN(c1ccc(Cl)cc1)S(=O)(=O)c1ccc(C)cc1. The number of aryl methyl sites for hydroxylation is 1.